The summed E-state index contributed by atoms with van der Waals surface area (Å²) in [6.07, 6.45) is 0.771. The van der Waals surface area contributed by atoms with Gasteiger partial charge in [0.15, 0.2) is 6.61 Å². The second kappa shape index (κ2) is 8.74. The number of halogens is 1. The number of carbonyl (C=O) groups excluding carboxylic acids is 1. The van der Waals surface area contributed by atoms with Crippen LogP contribution < -0.4 is 15.8 Å². The van der Waals surface area contributed by atoms with E-state index in [-0.39, 0.29) is 12.5 Å². The van der Waals surface area contributed by atoms with Crippen LogP contribution in [0.25, 0.3) is 0 Å². The number of amides is 1. The molecule has 0 spiro atoms. The van der Waals surface area contributed by atoms with Gasteiger partial charge in [0.25, 0.3) is 5.91 Å². The molecule has 0 aliphatic carbocycles. The second-order valence-electron chi connectivity index (χ2n) is 3.94. The molecule has 0 radical (unpaired) electrons. The van der Waals surface area contributed by atoms with Crippen LogP contribution in [-0.4, -0.2) is 32.8 Å². The first-order valence-electron chi connectivity index (χ1n) is 6.04. The molecule has 106 valence electrons. The fraction of sp³-hybridized carbons (Fsp3) is 0.462. The normalized spacial score (nSPS) is 10.3. The average molecular weight is 287 g/mol. The number of rotatable bonds is 8. The van der Waals surface area contributed by atoms with Crippen molar-refractivity contribution in [2.24, 2.45) is 5.73 Å². The average Bonchev–Trinajstić information content (AvgIpc) is 2.41. The van der Waals surface area contributed by atoms with E-state index in [0.717, 1.165) is 12.0 Å². The van der Waals surface area contributed by atoms with Crippen LogP contribution in [-0.2, 0) is 16.1 Å². The maximum atomic E-state index is 11.5. The minimum atomic E-state index is -0.181. The van der Waals surface area contributed by atoms with Crippen LogP contribution in [0.4, 0.5) is 0 Å². The van der Waals surface area contributed by atoms with Crippen LogP contribution in [0.3, 0.4) is 0 Å². The van der Waals surface area contributed by atoms with E-state index in [4.69, 9.17) is 26.8 Å². The van der Waals surface area contributed by atoms with E-state index in [2.05, 4.69) is 5.32 Å². The molecule has 5 nitrogen and oxygen atoms in total. The molecular weight excluding hydrogens is 268 g/mol. The van der Waals surface area contributed by atoms with Crippen LogP contribution >= 0.6 is 11.6 Å². The van der Waals surface area contributed by atoms with Crippen molar-refractivity contribution in [2.45, 2.75) is 13.0 Å². The quantitative estimate of drug-likeness (QED) is 0.707. The number of hydrogen-bond acceptors (Lipinski definition) is 4. The van der Waals surface area contributed by atoms with E-state index < -0.39 is 0 Å². The highest BCUT2D eigenvalue weighted by Crippen LogP contribution is 2.22. The van der Waals surface area contributed by atoms with Crippen molar-refractivity contribution in [3.63, 3.8) is 0 Å². The molecule has 19 heavy (non-hydrogen) atoms. The fourth-order valence-corrected chi connectivity index (χ4v) is 1.63. The lowest BCUT2D eigenvalue weighted by Crippen LogP contribution is -2.30. The lowest BCUT2D eigenvalue weighted by molar-refractivity contribution is -0.123. The number of ether oxygens (including phenoxy) is 2. The third kappa shape index (κ3) is 5.92. The molecule has 0 aliphatic rings. The molecule has 1 amide bonds. The molecule has 3 N–H and O–H groups in total. The number of carbonyl (C=O) groups is 1. The molecule has 0 heterocycles. The maximum absolute atomic E-state index is 11.5. The lowest BCUT2D eigenvalue weighted by atomic mass is 10.2. The SMILES string of the molecule is COCCCNC(=O)COc1cc(Cl)ccc1CN. The lowest BCUT2D eigenvalue weighted by Gasteiger charge is -2.11. The summed E-state index contributed by atoms with van der Waals surface area (Å²) in [7, 11) is 1.62. The van der Waals surface area contributed by atoms with E-state index in [1.165, 1.54) is 0 Å². The molecule has 0 atom stereocenters. The van der Waals surface area contributed by atoms with Crippen molar-refractivity contribution < 1.29 is 14.3 Å². The van der Waals surface area contributed by atoms with E-state index in [9.17, 15) is 4.79 Å². The smallest absolute Gasteiger partial charge is 0.257 e. The first-order chi connectivity index (χ1) is 9.17. The van der Waals surface area contributed by atoms with Crippen molar-refractivity contribution in [2.75, 3.05) is 26.9 Å². The number of nitrogens with two attached hydrogens (primary N) is 1. The predicted molar refractivity (Wildman–Crippen MR) is 74.3 cm³/mol. The Kier molecular flexibility index (Phi) is 7.25. The Morgan fingerprint density at radius 3 is 2.95 bits per heavy atom. The summed E-state index contributed by atoms with van der Waals surface area (Å²) < 4.78 is 10.3. The predicted octanol–water partition coefficient (Wildman–Crippen LogP) is 1.33. The Labute approximate surface area is 118 Å². The van der Waals surface area contributed by atoms with Gasteiger partial charge >= 0.3 is 0 Å². The zero-order chi connectivity index (χ0) is 14.1. The van der Waals surface area contributed by atoms with Gasteiger partial charge in [0.05, 0.1) is 0 Å². The van der Waals surface area contributed by atoms with Gasteiger partial charge in [0.1, 0.15) is 5.75 Å². The third-order valence-corrected chi connectivity index (χ3v) is 2.69. The van der Waals surface area contributed by atoms with E-state index in [1.807, 2.05) is 0 Å². The fourth-order valence-electron chi connectivity index (χ4n) is 1.47. The summed E-state index contributed by atoms with van der Waals surface area (Å²) in [5, 5.41) is 3.28. The molecule has 1 aromatic carbocycles. The first-order valence-corrected chi connectivity index (χ1v) is 6.42. The molecule has 0 fully saturated rings. The molecule has 0 saturated carbocycles. The van der Waals surface area contributed by atoms with Crippen LogP contribution in [0.5, 0.6) is 5.75 Å². The summed E-state index contributed by atoms with van der Waals surface area (Å²) in [6, 6.07) is 5.18. The van der Waals surface area contributed by atoms with Gasteiger partial charge in [-0.25, -0.2) is 0 Å². The van der Waals surface area contributed by atoms with Gasteiger partial charge in [-0.3, -0.25) is 4.79 Å². The minimum Gasteiger partial charge on any atom is -0.483 e. The third-order valence-electron chi connectivity index (χ3n) is 2.46. The molecule has 1 rings (SSSR count). The van der Waals surface area contributed by atoms with Gasteiger partial charge in [-0.1, -0.05) is 17.7 Å². The highest BCUT2D eigenvalue weighted by molar-refractivity contribution is 6.30. The Hall–Kier alpha value is -1.30. The van der Waals surface area contributed by atoms with Gasteiger partial charge in [0, 0.05) is 37.4 Å². The number of methoxy groups -OCH3 is 1. The monoisotopic (exact) mass is 286 g/mol. The Morgan fingerprint density at radius 2 is 2.26 bits per heavy atom. The highest BCUT2D eigenvalue weighted by Gasteiger charge is 2.06. The van der Waals surface area contributed by atoms with Crippen molar-refractivity contribution in [1.82, 2.24) is 5.32 Å². The van der Waals surface area contributed by atoms with Gasteiger partial charge < -0.3 is 20.5 Å². The molecule has 1 aromatic rings. The number of hydrogen-bond donors (Lipinski definition) is 2. The van der Waals surface area contributed by atoms with Crippen LogP contribution in [0.1, 0.15) is 12.0 Å². The number of benzene rings is 1. The molecule has 0 saturated heterocycles. The minimum absolute atomic E-state index is 0.0552. The van der Waals surface area contributed by atoms with Gasteiger partial charge in [-0.05, 0) is 18.6 Å². The van der Waals surface area contributed by atoms with Crippen LogP contribution in [0.2, 0.25) is 5.02 Å². The molecule has 0 aliphatic heterocycles. The standard InChI is InChI=1S/C13H19ClN2O3/c1-18-6-2-5-16-13(17)9-19-12-7-11(14)4-3-10(12)8-15/h3-4,7H,2,5-6,8-9,15H2,1H3,(H,16,17). The van der Waals surface area contributed by atoms with Gasteiger partial charge in [0.2, 0.25) is 0 Å². The molecule has 0 bridgehead atoms. The Bertz CT molecular complexity index is 413. The van der Waals surface area contributed by atoms with Crippen LogP contribution in [0, 0.1) is 0 Å². The second-order valence-corrected chi connectivity index (χ2v) is 4.38. The number of nitrogens with one attached hydrogen (secondary N) is 1. The summed E-state index contributed by atoms with van der Waals surface area (Å²) in [6.45, 7) is 1.46. The van der Waals surface area contributed by atoms with Crippen molar-refractivity contribution in [1.29, 1.82) is 0 Å². The molecule has 0 aromatic heterocycles. The first kappa shape index (κ1) is 15.8. The summed E-state index contributed by atoms with van der Waals surface area (Å²) in [4.78, 5) is 11.5. The van der Waals surface area contributed by atoms with E-state index in [0.29, 0.717) is 30.5 Å². The summed E-state index contributed by atoms with van der Waals surface area (Å²) in [5.74, 6) is 0.362. The largest absolute Gasteiger partial charge is 0.483 e. The maximum Gasteiger partial charge on any atom is 0.257 e. The van der Waals surface area contributed by atoms with Crippen molar-refractivity contribution in [3.05, 3.63) is 28.8 Å². The molecular formula is C13H19ClN2O3. The van der Waals surface area contributed by atoms with E-state index in [1.54, 1.807) is 25.3 Å². The topological polar surface area (TPSA) is 73.6 Å². The zero-order valence-corrected chi connectivity index (χ0v) is 11.7. The summed E-state index contributed by atoms with van der Waals surface area (Å²) >= 11 is 5.87. The van der Waals surface area contributed by atoms with Crippen molar-refractivity contribution >= 4 is 17.5 Å². The molecule has 6 heteroatoms. The Morgan fingerprint density at radius 1 is 1.47 bits per heavy atom. The zero-order valence-electron chi connectivity index (χ0n) is 10.9. The Balaban J connectivity index is 2.39. The highest BCUT2D eigenvalue weighted by atomic mass is 35.5. The van der Waals surface area contributed by atoms with Gasteiger partial charge in [-0.2, -0.15) is 0 Å². The van der Waals surface area contributed by atoms with Crippen LogP contribution in [0.15, 0.2) is 18.2 Å². The molecule has 0 unspecified atom stereocenters. The van der Waals surface area contributed by atoms with E-state index >= 15 is 0 Å². The van der Waals surface area contributed by atoms with Gasteiger partial charge in [-0.15, -0.1) is 0 Å². The summed E-state index contributed by atoms with van der Waals surface area (Å²) in [5.41, 5.74) is 6.40. The van der Waals surface area contributed by atoms with Crippen molar-refractivity contribution in [3.8, 4) is 5.75 Å².